The molecule has 0 fully saturated rings. The summed E-state index contributed by atoms with van der Waals surface area (Å²) in [5.74, 6) is 0.0622. The lowest BCUT2D eigenvalue weighted by Crippen LogP contribution is -2.12. The summed E-state index contributed by atoms with van der Waals surface area (Å²) < 4.78 is 18.3. The normalized spacial score (nSPS) is 10.6. The van der Waals surface area contributed by atoms with Crippen molar-refractivity contribution in [2.45, 2.75) is 12.8 Å². The lowest BCUT2D eigenvalue weighted by Gasteiger charge is -2.03. The summed E-state index contributed by atoms with van der Waals surface area (Å²) in [6, 6.07) is 12.7. The Bertz CT molecular complexity index is 849. The number of nitrogens with zero attached hydrogens (tertiary/aromatic N) is 2. The van der Waals surface area contributed by atoms with Gasteiger partial charge in [-0.3, -0.25) is 4.79 Å². The molecule has 24 heavy (non-hydrogen) atoms. The maximum atomic E-state index is 13.2. The summed E-state index contributed by atoms with van der Waals surface area (Å²) in [6.07, 6.45) is 0.481. The maximum Gasteiger partial charge on any atom is 0.227 e. The molecule has 1 N–H and O–H groups in total. The Labute approximate surface area is 142 Å². The highest BCUT2D eigenvalue weighted by Gasteiger charge is 2.11. The summed E-state index contributed by atoms with van der Waals surface area (Å²) in [4.78, 5) is 16.1. The number of rotatable bonds is 5. The number of carbonyl (C=O) groups excluding carboxylic acids is 1. The van der Waals surface area contributed by atoms with Crippen molar-refractivity contribution in [2.24, 2.45) is 0 Å². The molecule has 122 valence electrons. The summed E-state index contributed by atoms with van der Waals surface area (Å²) >= 11 is 5.79. The van der Waals surface area contributed by atoms with E-state index in [4.69, 9.17) is 16.1 Å². The predicted molar refractivity (Wildman–Crippen MR) is 88.1 cm³/mol. The lowest BCUT2D eigenvalue weighted by atomic mass is 10.2. The lowest BCUT2D eigenvalue weighted by molar-refractivity contribution is -0.116. The number of amides is 1. The molecule has 0 aliphatic carbocycles. The molecule has 0 saturated carbocycles. The molecule has 0 aliphatic heterocycles. The van der Waals surface area contributed by atoms with Crippen molar-refractivity contribution in [2.75, 3.05) is 5.32 Å². The molecule has 0 aliphatic rings. The third kappa shape index (κ3) is 4.17. The van der Waals surface area contributed by atoms with Crippen LogP contribution in [0.2, 0.25) is 5.02 Å². The van der Waals surface area contributed by atoms with E-state index >= 15 is 0 Å². The fourth-order valence-electron chi connectivity index (χ4n) is 2.08. The number of nitrogens with one attached hydrogen (secondary N) is 1. The average molecular weight is 346 g/mol. The molecular weight excluding hydrogens is 333 g/mol. The van der Waals surface area contributed by atoms with Crippen LogP contribution < -0.4 is 5.32 Å². The molecule has 0 bridgehead atoms. The van der Waals surface area contributed by atoms with Crippen molar-refractivity contribution in [3.63, 3.8) is 0 Å². The third-order valence-electron chi connectivity index (χ3n) is 3.24. The number of anilines is 1. The number of carbonyl (C=O) groups is 1. The van der Waals surface area contributed by atoms with Crippen LogP contribution in [0.15, 0.2) is 53.1 Å². The molecule has 0 unspecified atom stereocenters. The molecule has 0 radical (unpaired) electrons. The molecule has 2 aromatic carbocycles. The van der Waals surface area contributed by atoms with E-state index in [1.807, 2.05) is 0 Å². The molecule has 5 nitrogen and oxygen atoms in total. The standard InChI is InChI=1S/C17H13ClFN3O2/c18-12-4-6-14(7-5-12)20-15(23)8-9-16-21-17(22-24-16)11-2-1-3-13(19)10-11/h1-7,10H,8-9H2,(H,20,23). The minimum Gasteiger partial charge on any atom is -0.339 e. The van der Waals surface area contributed by atoms with Gasteiger partial charge in [0.15, 0.2) is 0 Å². The highest BCUT2D eigenvalue weighted by atomic mass is 35.5. The van der Waals surface area contributed by atoms with Crippen molar-refractivity contribution in [3.05, 3.63) is 65.3 Å². The van der Waals surface area contributed by atoms with Crippen LogP contribution in [-0.2, 0) is 11.2 Å². The van der Waals surface area contributed by atoms with Crippen molar-refractivity contribution >= 4 is 23.2 Å². The number of benzene rings is 2. The minimum absolute atomic E-state index is 0.178. The number of aromatic nitrogens is 2. The summed E-state index contributed by atoms with van der Waals surface area (Å²) in [7, 11) is 0. The van der Waals surface area contributed by atoms with E-state index in [2.05, 4.69) is 15.5 Å². The SMILES string of the molecule is O=C(CCc1nc(-c2cccc(F)c2)no1)Nc1ccc(Cl)cc1. The first-order chi connectivity index (χ1) is 11.6. The Kier molecular flexibility index (Phi) is 4.86. The first kappa shape index (κ1) is 16.1. The molecule has 3 aromatic rings. The Hall–Kier alpha value is -2.73. The second kappa shape index (κ2) is 7.23. The molecule has 0 atom stereocenters. The highest BCUT2D eigenvalue weighted by Crippen LogP contribution is 2.17. The number of aryl methyl sites for hydroxylation is 1. The molecule has 0 spiro atoms. The van der Waals surface area contributed by atoms with Crippen molar-refractivity contribution < 1.29 is 13.7 Å². The Balaban J connectivity index is 1.57. The molecule has 1 heterocycles. The minimum atomic E-state index is -0.374. The zero-order chi connectivity index (χ0) is 16.9. The number of halogens is 2. The van der Waals surface area contributed by atoms with Gasteiger partial charge in [0.2, 0.25) is 17.6 Å². The monoisotopic (exact) mass is 345 g/mol. The topological polar surface area (TPSA) is 68.0 Å². The molecule has 0 saturated heterocycles. The van der Waals surface area contributed by atoms with Gasteiger partial charge in [0.1, 0.15) is 5.82 Å². The van der Waals surface area contributed by atoms with Crippen LogP contribution >= 0.6 is 11.6 Å². The average Bonchev–Trinajstić information content (AvgIpc) is 3.04. The van der Waals surface area contributed by atoms with Crippen LogP contribution in [-0.4, -0.2) is 16.0 Å². The van der Waals surface area contributed by atoms with Gasteiger partial charge in [0.05, 0.1) is 0 Å². The zero-order valence-electron chi connectivity index (χ0n) is 12.5. The zero-order valence-corrected chi connectivity index (χ0v) is 13.3. The van der Waals surface area contributed by atoms with Crippen molar-refractivity contribution in [3.8, 4) is 11.4 Å². The van der Waals surface area contributed by atoms with Gasteiger partial charge in [0.25, 0.3) is 0 Å². The van der Waals surface area contributed by atoms with Crippen molar-refractivity contribution in [1.82, 2.24) is 10.1 Å². The molecule has 1 aromatic heterocycles. The fourth-order valence-corrected chi connectivity index (χ4v) is 2.20. The van der Waals surface area contributed by atoms with Gasteiger partial charge < -0.3 is 9.84 Å². The molecule has 7 heteroatoms. The van der Waals surface area contributed by atoms with Gasteiger partial charge in [-0.2, -0.15) is 4.98 Å². The number of hydrogen-bond acceptors (Lipinski definition) is 4. The molecule has 1 amide bonds. The van der Waals surface area contributed by atoms with Gasteiger partial charge in [-0.15, -0.1) is 0 Å². The Morgan fingerprint density at radius 1 is 1.21 bits per heavy atom. The van der Waals surface area contributed by atoms with Crippen LogP contribution in [0.4, 0.5) is 10.1 Å². The highest BCUT2D eigenvalue weighted by molar-refractivity contribution is 6.30. The van der Waals surface area contributed by atoms with E-state index in [0.717, 1.165) is 0 Å². The van der Waals surface area contributed by atoms with E-state index in [9.17, 15) is 9.18 Å². The quantitative estimate of drug-likeness (QED) is 0.756. The molecular formula is C17H13ClFN3O2. The van der Waals surface area contributed by atoms with Crippen LogP contribution in [0.1, 0.15) is 12.3 Å². The van der Waals surface area contributed by atoms with Gasteiger partial charge in [-0.1, -0.05) is 28.9 Å². The van der Waals surface area contributed by atoms with E-state index in [-0.39, 0.29) is 18.1 Å². The Morgan fingerprint density at radius 2 is 2.00 bits per heavy atom. The number of hydrogen-bond donors (Lipinski definition) is 1. The smallest absolute Gasteiger partial charge is 0.227 e. The van der Waals surface area contributed by atoms with E-state index in [0.29, 0.717) is 34.4 Å². The van der Waals surface area contributed by atoms with E-state index in [1.165, 1.54) is 12.1 Å². The summed E-state index contributed by atoms with van der Waals surface area (Å²) in [6.45, 7) is 0. The van der Waals surface area contributed by atoms with Gasteiger partial charge in [-0.25, -0.2) is 4.39 Å². The largest absolute Gasteiger partial charge is 0.339 e. The van der Waals surface area contributed by atoms with Gasteiger partial charge >= 0.3 is 0 Å². The maximum absolute atomic E-state index is 13.2. The fraction of sp³-hybridized carbons (Fsp3) is 0.118. The van der Waals surface area contributed by atoms with Crippen LogP contribution in [0, 0.1) is 5.82 Å². The second-order valence-electron chi connectivity index (χ2n) is 5.08. The van der Waals surface area contributed by atoms with Gasteiger partial charge in [0, 0.05) is 29.1 Å². The second-order valence-corrected chi connectivity index (χ2v) is 5.51. The first-order valence-electron chi connectivity index (χ1n) is 7.24. The van der Waals surface area contributed by atoms with Crippen LogP contribution in [0.3, 0.4) is 0 Å². The summed E-state index contributed by atoms with van der Waals surface area (Å²) in [5.41, 5.74) is 1.19. The van der Waals surface area contributed by atoms with E-state index in [1.54, 1.807) is 36.4 Å². The van der Waals surface area contributed by atoms with Crippen molar-refractivity contribution in [1.29, 1.82) is 0 Å². The van der Waals surface area contributed by atoms with Crippen LogP contribution in [0.25, 0.3) is 11.4 Å². The Morgan fingerprint density at radius 3 is 2.75 bits per heavy atom. The molecule has 3 rings (SSSR count). The summed E-state index contributed by atoms with van der Waals surface area (Å²) in [5, 5.41) is 7.15. The van der Waals surface area contributed by atoms with Gasteiger partial charge in [-0.05, 0) is 36.4 Å². The predicted octanol–water partition coefficient (Wildman–Crippen LogP) is 4.10. The third-order valence-corrected chi connectivity index (χ3v) is 3.50. The first-order valence-corrected chi connectivity index (χ1v) is 7.62. The van der Waals surface area contributed by atoms with Crippen LogP contribution in [0.5, 0.6) is 0 Å². The van der Waals surface area contributed by atoms with E-state index < -0.39 is 0 Å².